The van der Waals surface area contributed by atoms with E-state index in [1.165, 1.54) is 10.6 Å². The third kappa shape index (κ3) is 2.99. The number of fused-ring (bicyclic) bond motifs is 2. The highest BCUT2D eigenvalue weighted by Gasteiger charge is 2.50. The average molecular weight is 421 g/mol. The minimum atomic E-state index is -1.44. The van der Waals surface area contributed by atoms with Gasteiger partial charge in [0.15, 0.2) is 0 Å². The highest BCUT2D eigenvalue weighted by Crippen LogP contribution is 2.41. The molecule has 0 aliphatic carbocycles. The fourth-order valence-electron chi connectivity index (χ4n) is 4.64. The van der Waals surface area contributed by atoms with Gasteiger partial charge in [-0.25, -0.2) is 13.6 Å². The first kappa shape index (κ1) is 20.7. The van der Waals surface area contributed by atoms with Crippen LogP contribution >= 0.6 is 0 Å². The number of aromatic carboxylic acids is 1. The van der Waals surface area contributed by atoms with Crippen LogP contribution in [0.4, 0.5) is 14.5 Å². The second kappa shape index (κ2) is 7.02. The van der Waals surface area contributed by atoms with Crippen molar-refractivity contribution in [2.75, 3.05) is 37.8 Å². The Hall–Kier alpha value is -2.52. The van der Waals surface area contributed by atoms with E-state index in [9.17, 15) is 19.1 Å². The van der Waals surface area contributed by atoms with Gasteiger partial charge in [-0.05, 0) is 32.4 Å². The molecule has 0 saturated carbocycles. The van der Waals surface area contributed by atoms with Gasteiger partial charge in [0.25, 0.3) is 0 Å². The second-order valence-electron chi connectivity index (χ2n) is 8.80. The van der Waals surface area contributed by atoms with E-state index in [1.807, 2.05) is 4.90 Å². The van der Waals surface area contributed by atoms with Crippen LogP contribution in [-0.4, -0.2) is 54.2 Å². The molecule has 2 fully saturated rings. The molecule has 0 amide bonds. The summed E-state index contributed by atoms with van der Waals surface area (Å²) in [6, 6.07) is 2.55. The number of rotatable bonds is 5. The number of anilines is 1. The third-order valence-electron chi connectivity index (χ3n) is 6.47. The Bertz CT molecular complexity index is 1080. The molecule has 2 aromatic rings. The van der Waals surface area contributed by atoms with Crippen LogP contribution in [0.5, 0.6) is 0 Å². The van der Waals surface area contributed by atoms with E-state index >= 15 is 4.39 Å². The molecule has 7 nitrogen and oxygen atoms in total. The molecule has 0 bridgehead atoms. The van der Waals surface area contributed by atoms with Gasteiger partial charge in [-0.3, -0.25) is 4.79 Å². The maximum Gasteiger partial charge on any atom is 0.341 e. The van der Waals surface area contributed by atoms with E-state index in [2.05, 4.69) is 0 Å². The first-order chi connectivity index (χ1) is 14.1. The molecule has 2 saturated heterocycles. The van der Waals surface area contributed by atoms with Crippen LogP contribution in [0.2, 0.25) is 0 Å². The zero-order valence-corrected chi connectivity index (χ0v) is 17.0. The number of nitrogens with two attached hydrogens (primary N) is 1. The van der Waals surface area contributed by atoms with E-state index in [1.54, 1.807) is 13.8 Å². The van der Waals surface area contributed by atoms with Gasteiger partial charge in [-0.15, -0.1) is 0 Å². The average Bonchev–Trinajstić information content (AvgIpc) is 3.25. The SMILES string of the molecule is CC(C)(CF)n1cc(C(=O)O)c(=O)c2cc(F)c(N3CC4CCOC4(CN)C3)cc21. The summed E-state index contributed by atoms with van der Waals surface area (Å²) in [4.78, 5) is 26.1. The Labute approximate surface area is 172 Å². The highest BCUT2D eigenvalue weighted by molar-refractivity contribution is 5.93. The first-order valence-electron chi connectivity index (χ1n) is 9.91. The van der Waals surface area contributed by atoms with Gasteiger partial charge in [0.05, 0.1) is 16.7 Å². The number of benzene rings is 1. The Balaban J connectivity index is 1.91. The van der Waals surface area contributed by atoms with E-state index in [4.69, 9.17) is 10.5 Å². The number of carbonyl (C=O) groups is 1. The van der Waals surface area contributed by atoms with Crippen LogP contribution in [0.1, 0.15) is 30.6 Å². The largest absolute Gasteiger partial charge is 0.477 e. The molecule has 1 aromatic heterocycles. The number of halogens is 2. The standard InChI is InChI=1S/C21H25F2N3O4/c1-20(2,9-22)26-8-14(19(28)29)18(27)13-5-15(23)17(6-16(13)26)25-7-12-3-4-30-21(12,10-24)11-25/h5-6,8,12H,3-4,7,9-11,24H2,1-2H3,(H,28,29). The molecule has 3 heterocycles. The predicted molar refractivity (Wildman–Crippen MR) is 108 cm³/mol. The highest BCUT2D eigenvalue weighted by atomic mass is 19.1. The van der Waals surface area contributed by atoms with Crippen LogP contribution in [0.3, 0.4) is 0 Å². The zero-order chi connectivity index (χ0) is 21.8. The Morgan fingerprint density at radius 3 is 2.77 bits per heavy atom. The molecule has 1 aromatic carbocycles. The zero-order valence-electron chi connectivity index (χ0n) is 17.0. The summed E-state index contributed by atoms with van der Waals surface area (Å²) in [6.07, 6.45) is 1.97. The van der Waals surface area contributed by atoms with Crippen molar-refractivity contribution in [2.24, 2.45) is 11.7 Å². The molecule has 2 aliphatic heterocycles. The molecule has 162 valence electrons. The molecule has 0 radical (unpaired) electrons. The van der Waals surface area contributed by atoms with Gasteiger partial charge in [0, 0.05) is 43.7 Å². The molecular weight excluding hydrogens is 396 g/mol. The Morgan fingerprint density at radius 2 is 2.17 bits per heavy atom. The fourth-order valence-corrected chi connectivity index (χ4v) is 4.64. The predicted octanol–water partition coefficient (Wildman–Crippen LogP) is 2.10. The summed E-state index contributed by atoms with van der Waals surface area (Å²) in [5.41, 5.74) is 3.52. The molecule has 4 rings (SSSR count). The number of hydrogen-bond donors (Lipinski definition) is 2. The Morgan fingerprint density at radius 1 is 1.43 bits per heavy atom. The van der Waals surface area contributed by atoms with E-state index in [0.717, 1.165) is 18.7 Å². The monoisotopic (exact) mass is 421 g/mol. The van der Waals surface area contributed by atoms with Gasteiger partial charge in [-0.1, -0.05) is 0 Å². The lowest BCUT2D eigenvalue weighted by atomic mass is 9.91. The minimum absolute atomic E-state index is 0.0955. The van der Waals surface area contributed by atoms with Gasteiger partial charge in [0.1, 0.15) is 23.7 Å². The number of hydrogen-bond acceptors (Lipinski definition) is 5. The van der Waals surface area contributed by atoms with E-state index in [-0.39, 0.29) is 22.5 Å². The fraction of sp³-hybridized carbons (Fsp3) is 0.524. The number of aromatic nitrogens is 1. The molecule has 2 atom stereocenters. The van der Waals surface area contributed by atoms with Gasteiger partial charge in [-0.2, -0.15) is 0 Å². The Kier molecular flexibility index (Phi) is 4.85. The summed E-state index contributed by atoms with van der Waals surface area (Å²) in [5.74, 6) is -1.90. The van der Waals surface area contributed by atoms with Gasteiger partial charge < -0.3 is 25.0 Å². The normalized spacial score (nSPS) is 23.9. The van der Waals surface area contributed by atoms with E-state index in [0.29, 0.717) is 26.2 Å². The van der Waals surface area contributed by atoms with Crippen molar-refractivity contribution >= 4 is 22.6 Å². The number of pyridine rings is 1. The molecule has 2 unspecified atom stereocenters. The molecular formula is C21H25F2N3O4. The molecule has 0 spiro atoms. The number of nitrogens with zero attached hydrogens (tertiary/aromatic N) is 2. The van der Waals surface area contributed by atoms with Crippen molar-refractivity contribution in [3.8, 4) is 0 Å². The second-order valence-corrected chi connectivity index (χ2v) is 8.80. The first-order valence-corrected chi connectivity index (χ1v) is 9.91. The minimum Gasteiger partial charge on any atom is -0.477 e. The summed E-state index contributed by atoms with van der Waals surface area (Å²) in [6.45, 7) is 4.30. The van der Waals surface area contributed by atoms with Crippen molar-refractivity contribution in [3.63, 3.8) is 0 Å². The van der Waals surface area contributed by atoms with Crippen molar-refractivity contribution in [1.82, 2.24) is 4.57 Å². The van der Waals surface area contributed by atoms with Crippen LogP contribution < -0.4 is 16.1 Å². The molecule has 2 aliphatic rings. The van der Waals surface area contributed by atoms with Crippen molar-refractivity contribution < 1.29 is 23.4 Å². The molecule has 30 heavy (non-hydrogen) atoms. The van der Waals surface area contributed by atoms with Crippen LogP contribution in [0.15, 0.2) is 23.1 Å². The lowest BCUT2D eigenvalue weighted by Gasteiger charge is -2.29. The molecule has 3 N–H and O–H groups in total. The van der Waals surface area contributed by atoms with Crippen LogP contribution in [-0.2, 0) is 10.3 Å². The lowest BCUT2D eigenvalue weighted by Crippen LogP contribution is -2.44. The van der Waals surface area contributed by atoms with Crippen LogP contribution in [0.25, 0.3) is 10.9 Å². The summed E-state index contributed by atoms with van der Waals surface area (Å²) in [5, 5.41) is 9.30. The maximum atomic E-state index is 15.1. The van der Waals surface area contributed by atoms with Crippen molar-refractivity contribution in [3.05, 3.63) is 39.9 Å². The molecule has 9 heteroatoms. The number of ether oxygens (including phenoxy) is 1. The van der Waals surface area contributed by atoms with Crippen LogP contribution in [0, 0.1) is 11.7 Å². The summed E-state index contributed by atoms with van der Waals surface area (Å²) in [7, 11) is 0. The number of carboxylic acid groups (broad SMARTS) is 1. The van der Waals surface area contributed by atoms with Crippen molar-refractivity contribution in [1.29, 1.82) is 0 Å². The van der Waals surface area contributed by atoms with Gasteiger partial charge in [0.2, 0.25) is 5.43 Å². The number of carboxylic acids is 1. The van der Waals surface area contributed by atoms with Gasteiger partial charge >= 0.3 is 5.97 Å². The summed E-state index contributed by atoms with van der Waals surface area (Å²) >= 11 is 0. The number of alkyl halides is 1. The van der Waals surface area contributed by atoms with Crippen molar-refractivity contribution in [2.45, 2.75) is 31.4 Å². The van der Waals surface area contributed by atoms with E-state index < -0.39 is 40.6 Å². The maximum absolute atomic E-state index is 15.1. The quantitative estimate of drug-likeness (QED) is 0.767. The lowest BCUT2D eigenvalue weighted by molar-refractivity contribution is 0.0126. The third-order valence-corrected chi connectivity index (χ3v) is 6.47. The smallest absolute Gasteiger partial charge is 0.341 e. The topological polar surface area (TPSA) is 97.8 Å². The summed E-state index contributed by atoms with van der Waals surface area (Å²) < 4.78 is 36.2.